The van der Waals surface area contributed by atoms with E-state index in [1.807, 2.05) is 29.2 Å². The van der Waals surface area contributed by atoms with Gasteiger partial charge in [0, 0.05) is 25.6 Å². The van der Waals surface area contributed by atoms with Crippen LogP contribution in [0.2, 0.25) is 0 Å². The van der Waals surface area contributed by atoms with Crippen LogP contribution in [0.1, 0.15) is 16.7 Å². The van der Waals surface area contributed by atoms with E-state index in [1.165, 1.54) is 42.1 Å². The second kappa shape index (κ2) is 6.36. The molecule has 2 aromatic heterocycles. The number of hydrogen-bond donors (Lipinski definition) is 0. The predicted molar refractivity (Wildman–Crippen MR) is 120 cm³/mol. The number of thioether (sulfide) groups is 1. The van der Waals surface area contributed by atoms with Gasteiger partial charge < -0.3 is 4.52 Å². The Morgan fingerprint density at radius 3 is 2.75 bits per heavy atom. The highest BCUT2D eigenvalue weighted by molar-refractivity contribution is 8.07. The normalized spacial score (nSPS) is 13.6. The summed E-state index contributed by atoms with van der Waals surface area (Å²) in [6.45, 7) is 0. The Hall–Kier alpha value is -2.82. The molecule has 0 aliphatic carbocycles. The van der Waals surface area contributed by atoms with Crippen molar-refractivity contribution in [3.8, 4) is 10.4 Å². The zero-order chi connectivity index (χ0) is 18.5. The molecule has 4 heteroatoms. The lowest BCUT2D eigenvalue weighted by Gasteiger charge is -2.17. The summed E-state index contributed by atoms with van der Waals surface area (Å²) in [5.41, 5.74) is 6.12. The van der Waals surface area contributed by atoms with E-state index < -0.39 is 0 Å². The monoisotopic (exact) mass is 397 g/mol. The Labute approximate surface area is 170 Å². The molecule has 0 N–H and O–H groups in total. The van der Waals surface area contributed by atoms with Crippen LogP contribution >= 0.6 is 23.1 Å². The van der Waals surface area contributed by atoms with E-state index in [0.29, 0.717) is 0 Å². The molecule has 5 aromatic rings. The van der Waals surface area contributed by atoms with Crippen molar-refractivity contribution in [2.75, 3.05) is 0 Å². The van der Waals surface area contributed by atoms with Gasteiger partial charge in [0.1, 0.15) is 11.8 Å². The molecule has 0 atom stereocenters. The van der Waals surface area contributed by atoms with Gasteiger partial charge in [0.15, 0.2) is 0 Å². The molecular weight excluding hydrogens is 382 g/mol. The van der Waals surface area contributed by atoms with E-state index in [1.54, 1.807) is 6.26 Å². The zero-order valence-electron chi connectivity index (χ0n) is 14.9. The average molecular weight is 398 g/mol. The molecule has 0 saturated heterocycles. The van der Waals surface area contributed by atoms with Crippen molar-refractivity contribution in [1.29, 1.82) is 0 Å². The third-order valence-electron chi connectivity index (χ3n) is 5.17. The molecule has 2 nitrogen and oxygen atoms in total. The highest BCUT2D eigenvalue weighted by Crippen LogP contribution is 2.41. The third-order valence-corrected chi connectivity index (χ3v) is 7.45. The summed E-state index contributed by atoms with van der Waals surface area (Å²) in [5, 5.41) is 6.36. The molecular formula is C24H15NOS2. The molecule has 0 amide bonds. The maximum Gasteiger partial charge on any atom is 0.131 e. The van der Waals surface area contributed by atoms with Crippen LogP contribution in [-0.4, -0.2) is 5.16 Å². The van der Waals surface area contributed by atoms with E-state index in [2.05, 4.69) is 71.9 Å². The van der Waals surface area contributed by atoms with Gasteiger partial charge in [-0.05, 0) is 64.0 Å². The number of rotatable bonds is 2. The lowest BCUT2D eigenvalue weighted by atomic mass is 10.0. The standard InChI is InChI=1S/C24H15NOS2/c1-2-4-22-15(3-1)11-24(28-22)17-5-6-18-14-27-23(12-19(18)9-17)16-7-8-21-20(10-16)13-26-25-21/h1-13H,14H2. The first kappa shape index (κ1) is 16.2. The smallest absolute Gasteiger partial charge is 0.131 e. The molecule has 0 saturated carbocycles. The second-order valence-electron chi connectivity index (χ2n) is 6.95. The summed E-state index contributed by atoms with van der Waals surface area (Å²) in [6.07, 6.45) is 4.02. The first-order chi connectivity index (χ1) is 13.8. The molecule has 134 valence electrons. The molecule has 1 aliphatic rings. The van der Waals surface area contributed by atoms with Gasteiger partial charge in [0.2, 0.25) is 0 Å². The average Bonchev–Trinajstić information content (AvgIpc) is 3.39. The SMILES string of the molecule is C1=C(c2ccc3nocc3c2)SCc2ccc(-c3cc4ccccc4s3)cc21. The highest BCUT2D eigenvalue weighted by Gasteiger charge is 2.15. The topological polar surface area (TPSA) is 26.0 Å². The molecule has 0 unspecified atom stereocenters. The third kappa shape index (κ3) is 2.68. The number of aromatic nitrogens is 1. The van der Waals surface area contributed by atoms with Crippen LogP contribution in [0.3, 0.4) is 0 Å². The lowest BCUT2D eigenvalue weighted by molar-refractivity contribution is 0.428. The van der Waals surface area contributed by atoms with Crippen LogP contribution in [-0.2, 0) is 5.75 Å². The van der Waals surface area contributed by atoms with Gasteiger partial charge >= 0.3 is 0 Å². The van der Waals surface area contributed by atoms with E-state index in [0.717, 1.165) is 16.7 Å². The summed E-state index contributed by atoms with van der Waals surface area (Å²) in [6, 6.07) is 24.1. The summed E-state index contributed by atoms with van der Waals surface area (Å²) in [4.78, 5) is 2.62. The van der Waals surface area contributed by atoms with Crippen LogP contribution in [0.25, 0.3) is 42.4 Å². The first-order valence-corrected chi connectivity index (χ1v) is 10.9. The summed E-state index contributed by atoms with van der Waals surface area (Å²) < 4.78 is 6.42. The van der Waals surface area contributed by atoms with Crippen LogP contribution in [0.5, 0.6) is 0 Å². The Kier molecular flexibility index (Phi) is 3.67. The van der Waals surface area contributed by atoms with Crippen molar-refractivity contribution < 1.29 is 4.52 Å². The van der Waals surface area contributed by atoms with E-state index in [4.69, 9.17) is 4.52 Å². The first-order valence-electron chi connectivity index (χ1n) is 9.14. The minimum Gasteiger partial charge on any atom is -0.364 e. The Morgan fingerprint density at radius 2 is 1.79 bits per heavy atom. The lowest BCUT2D eigenvalue weighted by Crippen LogP contribution is -1.94. The maximum atomic E-state index is 5.08. The second-order valence-corrected chi connectivity index (χ2v) is 9.05. The van der Waals surface area contributed by atoms with Crippen LogP contribution in [0, 0.1) is 0 Å². The van der Waals surface area contributed by atoms with E-state index >= 15 is 0 Å². The van der Waals surface area contributed by atoms with Crippen molar-refractivity contribution in [3.05, 3.63) is 89.7 Å². The number of thiophene rings is 1. The molecule has 0 spiro atoms. The number of benzene rings is 3. The number of nitrogens with zero attached hydrogens (tertiary/aromatic N) is 1. The minimum absolute atomic E-state index is 0.901. The largest absolute Gasteiger partial charge is 0.364 e. The molecule has 1 aliphatic heterocycles. The Morgan fingerprint density at radius 1 is 0.857 bits per heavy atom. The summed E-state index contributed by atoms with van der Waals surface area (Å²) >= 11 is 3.75. The molecule has 0 bridgehead atoms. The number of hydrogen-bond acceptors (Lipinski definition) is 4. The van der Waals surface area contributed by atoms with Gasteiger partial charge in [0.05, 0.1) is 0 Å². The van der Waals surface area contributed by atoms with Gasteiger partial charge in [-0.2, -0.15) is 0 Å². The van der Waals surface area contributed by atoms with Crippen molar-refractivity contribution in [2.24, 2.45) is 0 Å². The molecule has 0 radical (unpaired) electrons. The summed E-state index contributed by atoms with van der Waals surface area (Å²) in [7, 11) is 0. The van der Waals surface area contributed by atoms with Gasteiger partial charge in [-0.25, -0.2) is 0 Å². The zero-order valence-corrected chi connectivity index (χ0v) is 16.5. The fraction of sp³-hybridized carbons (Fsp3) is 0.0417. The quantitative estimate of drug-likeness (QED) is 0.309. The van der Waals surface area contributed by atoms with Crippen molar-refractivity contribution in [1.82, 2.24) is 5.16 Å². The molecule has 28 heavy (non-hydrogen) atoms. The molecule has 6 rings (SSSR count). The Bertz CT molecular complexity index is 1340. The van der Waals surface area contributed by atoms with Gasteiger partial charge in [-0.1, -0.05) is 41.6 Å². The predicted octanol–water partition coefficient (Wildman–Crippen LogP) is 7.45. The van der Waals surface area contributed by atoms with Gasteiger partial charge in [-0.3, -0.25) is 0 Å². The Balaban J connectivity index is 1.43. The molecule has 0 fully saturated rings. The van der Waals surface area contributed by atoms with Crippen molar-refractivity contribution in [3.63, 3.8) is 0 Å². The summed E-state index contributed by atoms with van der Waals surface area (Å²) in [5.74, 6) is 0.996. The van der Waals surface area contributed by atoms with Gasteiger partial charge in [0.25, 0.3) is 0 Å². The van der Waals surface area contributed by atoms with Crippen LogP contribution < -0.4 is 0 Å². The fourth-order valence-electron chi connectivity index (χ4n) is 3.67. The fourth-order valence-corrected chi connectivity index (χ4v) is 5.81. The van der Waals surface area contributed by atoms with E-state index in [-0.39, 0.29) is 0 Å². The highest BCUT2D eigenvalue weighted by atomic mass is 32.2. The van der Waals surface area contributed by atoms with E-state index in [9.17, 15) is 0 Å². The number of fused-ring (bicyclic) bond motifs is 3. The van der Waals surface area contributed by atoms with Crippen LogP contribution in [0.15, 0.2) is 77.5 Å². The van der Waals surface area contributed by atoms with Crippen molar-refractivity contribution >= 4 is 55.1 Å². The minimum atomic E-state index is 0.901. The maximum absolute atomic E-state index is 5.08. The van der Waals surface area contributed by atoms with Crippen LogP contribution in [0.4, 0.5) is 0 Å². The van der Waals surface area contributed by atoms with Gasteiger partial charge in [-0.15, -0.1) is 23.1 Å². The molecule has 3 aromatic carbocycles. The van der Waals surface area contributed by atoms with Crippen molar-refractivity contribution in [2.45, 2.75) is 5.75 Å². The molecule has 3 heterocycles.